The maximum absolute atomic E-state index is 12.6. The average molecular weight is 411 g/mol. The first-order valence-corrected chi connectivity index (χ1v) is 10.0. The maximum atomic E-state index is 12.6. The van der Waals surface area contributed by atoms with Crippen molar-refractivity contribution in [2.75, 3.05) is 10.6 Å². The molecule has 0 saturated heterocycles. The second-order valence-corrected chi connectivity index (χ2v) is 7.51. The zero-order valence-corrected chi connectivity index (χ0v) is 17.0. The van der Waals surface area contributed by atoms with Crippen LogP contribution in [0.4, 0.5) is 11.4 Å². The van der Waals surface area contributed by atoms with Crippen LogP contribution >= 0.6 is 0 Å². The molecule has 1 fully saturated rings. The molecule has 31 heavy (non-hydrogen) atoms. The minimum atomic E-state index is -0.232. The third-order valence-electron chi connectivity index (χ3n) is 5.03. The Hall–Kier alpha value is -4.11. The first-order valence-electron chi connectivity index (χ1n) is 10.0. The number of carbonyl (C=O) groups excluding carboxylic acids is 2. The Kier molecular flexibility index (Phi) is 5.67. The summed E-state index contributed by atoms with van der Waals surface area (Å²) in [6.07, 6.45) is 1.89. The molecule has 0 radical (unpaired) electrons. The van der Waals surface area contributed by atoms with Crippen molar-refractivity contribution in [3.63, 3.8) is 0 Å². The average Bonchev–Trinajstić information content (AvgIpc) is 3.62. The van der Waals surface area contributed by atoms with Crippen molar-refractivity contribution in [1.82, 2.24) is 0 Å². The van der Waals surface area contributed by atoms with Gasteiger partial charge in [0.25, 0.3) is 5.91 Å². The van der Waals surface area contributed by atoms with E-state index in [1.807, 2.05) is 13.0 Å². The molecular formula is C25H21N3O3. The van der Waals surface area contributed by atoms with Crippen molar-refractivity contribution in [3.8, 4) is 17.6 Å². The number of rotatable bonds is 6. The molecule has 0 atom stereocenters. The minimum Gasteiger partial charge on any atom is -0.457 e. The highest BCUT2D eigenvalue weighted by molar-refractivity contribution is 6.05. The highest BCUT2D eigenvalue weighted by atomic mass is 16.5. The molecule has 154 valence electrons. The van der Waals surface area contributed by atoms with Gasteiger partial charge in [0.15, 0.2) is 0 Å². The number of anilines is 2. The number of hydrogen-bond donors (Lipinski definition) is 2. The Morgan fingerprint density at radius 3 is 2.23 bits per heavy atom. The van der Waals surface area contributed by atoms with Crippen molar-refractivity contribution in [2.24, 2.45) is 5.92 Å². The molecule has 0 spiro atoms. The van der Waals surface area contributed by atoms with E-state index in [9.17, 15) is 9.59 Å². The lowest BCUT2D eigenvalue weighted by molar-refractivity contribution is -0.117. The van der Waals surface area contributed by atoms with Gasteiger partial charge in [-0.3, -0.25) is 9.59 Å². The van der Waals surface area contributed by atoms with Gasteiger partial charge in [-0.2, -0.15) is 5.26 Å². The van der Waals surface area contributed by atoms with Gasteiger partial charge in [-0.05, 0) is 92.1 Å². The number of nitriles is 1. The number of hydrogen-bond acceptors (Lipinski definition) is 4. The van der Waals surface area contributed by atoms with E-state index in [4.69, 9.17) is 10.00 Å². The second-order valence-electron chi connectivity index (χ2n) is 7.51. The standard InChI is InChI=1S/C25H21N3O3/c1-16-14-22(31-21-10-2-17(15-26)3-11-21)12-13-23(16)28-25(30)19-6-8-20(9-7-19)27-24(29)18-4-5-18/h2-3,6-14,18H,4-5H2,1H3,(H,27,29)(H,28,30). The SMILES string of the molecule is Cc1cc(Oc2ccc(C#N)cc2)ccc1NC(=O)c1ccc(NC(=O)C2CC2)cc1. The fraction of sp³-hybridized carbons (Fsp3) is 0.160. The predicted octanol–water partition coefficient (Wildman–Crippen LogP) is 5.26. The fourth-order valence-corrected chi connectivity index (χ4v) is 3.06. The number of amides is 2. The van der Waals surface area contributed by atoms with Crippen LogP contribution in [0.5, 0.6) is 11.5 Å². The summed E-state index contributed by atoms with van der Waals surface area (Å²) in [6, 6.07) is 21.2. The summed E-state index contributed by atoms with van der Waals surface area (Å²) in [5, 5.41) is 14.6. The molecule has 3 aromatic carbocycles. The zero-order chi connectivity index (χ0) is 21.8. The molecule has 3 aromatic rings. The molecule has 0 bridgehead atoms. The third kappa shape index (κ3) is 5.09. The van der Waals surface area contributed by atoms with Crippen molar-refractivity contribution in [1.29, 1.82) is 5.26 Å². The van der Waals surface area contributed by atoms with E-state index in [-0.39, 0.29) is 17.7 Å². The van der Waals surface area contributed by atoms with Crippen LogP contribution in [0.2, 0.25) is 0 Å². The van der Waals surface area contributed by atoms with Crippen molar-refractivity contribution < 1.29 is 14.3 Å². The summed E-state index contributed by atoms with van der Waals surface area (Å²) in [4.78, 5) is 24.4. The fourth-order valence-electron chi connectivity index (χ4n) is 3.06. The van der Waals surface area contributed by atoms with Crippen LogP contribution in [-0.2, 0) is 4.79 Å². The smallest absolute Gasteiger partial charge is 0.255 e. The normalized spacial score (nSPS) is 12.5. The number of aryl methyl sites for hydroxylation is 1. The van der Waals surface area contributed by atoms with E-state index in [2.05, 4.69) is 16.7 Å². The zero-order valence-electron chi connectivity index (χ0n) is 17.0. The highest BCUT2D eigenvalue weighted by Gasteiger charge is 2.29. The molecule has 6 heteroatoms. The number of nitrogens with one attached hydrogen (secondary N) is 2. The number of ether oxygens (including phenoxy) is 1. The number of carbonyl (C=O) groups is 2. The summed E-state index contributed by atoms with van der Waals surface area (Å²) in [5.41, 5.74) is 3.30. The molecule has 4 rings (SSSR count). The molecule has 0 unspecified atom stereocenters. The van der Waals surface area contributed by atoms with Crippen LogP contribution in [0.3, 0.4) is 0 Å². The lowest BCUT2D eigenvalue weighted by Gasteiger charge is -2.12. The van der Waals surface area contributed by atoms with E-state index in [0.29, 0.717) is 34.0 Å². The largest absolute Gasteiger partial charge is 0.457 e. The van der Waals surface area contributed by atoms with Crippen LogP contribution < -0.4 is 15.4 Å². The van der Waals surface area contributed by atoms with Crippen LogP contribution in [0.1, 0.15) is 34.3 Å². The molecule has 0 aromatic heterocycles. The van der Waals surface area contributed by atoms with Gasteiger partial charge in [-0.25, -0.2) is 0 Å². The van der Waals surface area contributed by atoms with Crippen LogP contribution in [-0.4, -0.2) is 11.8 Å². The maximum Gasteiger partial charge on any atom is 0.255 e. The monoisotopic (exact) mass is 411 g/mol. The van der Waals surface area contributed by atoms with Gasteiger partial charge in [-0.1, -0.05) is 0 Å². The quantitative estimate of drug-likeness (QED) is 0.579. The summed E-state index contributed by atoms with van der Waals surface area (Å²) in [6.45, 7) is 1.89. The third-order valence-corrected chi connectivity index (χ3v) is 5.03. The minimum absolute atomic E-state index is 0.0381. The Morgan fingerprint density at radius 1 is 0.935 bits per heavy atom. The first kappa shape index (κ1) is 20.2. The molecule has 1 aliphatic rings. The van der Waals surface area contributed by atoms with Crippen LogP contribution in [0.15, 0.2) is 66.7 Å². The lowest BCUT2D eigenvalue weighted by atomic mass is 10.1. The molecule has 2 N–H and O–H groups in total. The first-order chi connectivity index (χ1) is 15.0. The Labute approximate surface area is 180 Å². The summed E-state index contributed by atoms with van der Waals surface area (Å²) in [5.74, 6) is 1.20. The van der Waals surface area contributed by atoms with Crippen LogP contribution in [0, 0.1) is 24.2 Å². The molecular weight excluding hydrogens is 390 g/mol. The van der Waals surface area contributed by atoms with Gasteiger partial charge in [0.05, 0.1) is 11.6 Å². The topological polar surface area (TPSA) is 91.2 Å². The van der Waals surface area contributed by atoms with Crippen molar-refractivity contribution in [2.45, 2.75) is 19.8 Å². The van der Waals surface area contributed by atoms with Crippen molar-refractivity contribution in [3.05, 3.63) is 83.4 Å². The Balaban J connectivity index is 1.38. The molecule has 1 saturated carbocycles. The van der Waals surface area contributed by atoms with Gasteiger partial charge in [0, 0.05) is 22.9 Å². The highest BCUT2D eigenvalue weighted by Crippen LogP contribution is 2.30. The van der Waals surface area contributed by atoms with Crippen molar-refractivity contribution >= 4 is 23.2 Å². The molecule has 6 nitrogen and oxygen atoms in total. The van der Waals surface area contributed by atoms with E-state index in [0.717, 1.165) is 18.4 Å². The second kappa shape index (κ2) is 8.72. The van der Waals surface area contributed by atoms with Gasteiger partial charge < -0.3 is 15.4 Å². The summed E-state index contributed by atoms with van der Waals surface area (Å²) < 4.78 is 5.81. The summed E-state index contributed by atoms with van der Waals surface area (Å²) in [7, 11) is 0. The predicted molar refractivity (Wildman–Crippen MR) is 118 cm³/mol. The van der Waals surface area contributed by atoms with E-state index in [1.165, 1.54) is 0 Å². The molecule has 2 amide bonds. The lowest BCUT2D eigenvalue weighted by Crippen LogP contribution is -2.15. The molecule has 0 aliphatic heterocycles. The van der Waals surface area contributed by atoms with Crippen LogP contribution in [0.25, 0.3) is 0 Å². The van der Waals surface area contributed by atoms with E-state index in [1.54, 1.807) is 60.7 Å². The van der Waals surface area contributed by atoms with E-state index < -0.39 is 0 Å². The molecule has 1 aliphatic carbocycles. The van der Waals surface area contributed by atoms with Gasteiger partial charge in [0.2, 0.25) is 5.91 Å². The summed E-state index contributed by atoms with van der Waals surface area (Å²) >= 11 is 0. The number of benzene rings is 3. The van der Waals surface area contributed by atoms with Gasteiger partial charge >= 0.3 is 0 Å². The Morgan fingerprint density at radius 2 is 1.61 bits per heavy atom. The van der Waals surface area contributed by atoms with Gasteiger partial charge in [0.1, 0.15) is 11.5 Å². The van der Waals surface area contributed by atoms with Gasteiger partial charge in [-0.15, -0.1) is 0 Å². The molecule has 0 heterocycles. The number of nitrogens with zero attached hydrogens (tertiary/aromatic N) is 1. The van der Waals surface area contributed by atoms with E-state index >= 15 is 0 Å². The Bertz CT molecular complexity index is 1160.